The summed E-state index contributed by atoms with van der Waals surface area (Å²) in [6.45, 7) is 0. The standard InChI is InChI=1S/C9H11F2NO2/c1-14-7-3-2-5(4-6(7)13)8(12)9(10)11/h2-4,8-9,13H,12H2,1H3/t8-/m1/s1. The van der Waals surface area contributed by atoms with Crippen molar-refractivity contribution in [3.05, 3.63) is 23.8 Å². The summed E-state index contributed by atoms with van der Waals surface area (Å²) in [4.78, 5) is 0. The van der Waals surface area contributed by atoms with E-state index in [1.165, 1.54) is 25.3 Å². The average molecular weight is 203 g/mol. The molecule has 1 atom stereocenters. The maximum absolute atomic E-state index is 12.2. The number of rotatable bonds is 3. The molecule has 1 aromatic carbocycles. The quantitative estimate of drug-likeness (QED) is 0.785. The van der Waals surface area contributed by atoms with Crippen molar-refractivity contribution in [1.82, 2.24) is 0 Å². The van der Waals surface area contributed by atoms with Gasteiger partial charge in [-0.15, -0.1) is 0 Å². The first-order chi connectivity index (χ1) is 6.56. The van der Waals surface area contributed by atoms with Crippen LogP contribution in [0.15, 0.2) is 18.2 Å². The van der Waals surface area contributed by atoms with E-state index in [1.54, 1.807) is 0 Å². The molecule has 0 aliphatic carbocycles. The smallest absolute Gasteiger partial charge is 0.257 e. The lowest BCUT2D eigenvalue weighted by atomic mass is 10.1. The van der Waals surface area contributed by atoms with Crippen molar-refractivity contribution in [3.63, 3.8) is 0 Å². The number of phenolic OH excluding ortho intramolecular Hbond substituents is 1. The first-order valence-electron chi connectivity index (χ1n) is 3.97. The van der Waals surface area contributed by atoms with Crippen LogP contribution in [0.1, 0.15) is 11.6 Å². The molecule has 1 rings (SSSR count). The Morgan fingerprint density at radius 3 is 2.50 bits per heavy atom. The Morgan fingerprint density at radius 1 is 1.43 bits per heavy atom. The van der Waals surface area contributed by atoms with Gasteiger partial charge in [0.25, 0.3) is 6.43 Å². The third kappa shape index (κ3) is 2.11. The molecule has 3 N–H and O–H groups in total. The number of ether oxygens (including phenoxy) is 1. The second-order valence-corrected chi connectivity index (χ2v) is 2.79. The molecule has 1 aromatic rings. The van der Waals surface area contributed by atoms with Gasteiger partial charge in [0.15, 0.2) is 11.5 Å². The molecule has 0 bridgehead atoms. The number of phenols is 1. The number of hydrogen-bond donors (Lipinski definition) is 2. The van der Waals surface area contributed by atoms with Crippen molar-refractivity contribution < 1.29 is 18.6 Å². The van der Waals surface area contributed by atoms with Crippen LogP contribution in [-0.2, 0) is 0 Å². The third-order valence-corrected chi connectivity index (χ3v) is 1.86. The number of alkyl halides is 2. The highest BCUT2D eigenvalue weighted by Crippen LogP contribution is 2.29. The van der Waals surface area contributed by atoms with Crippen LogP contribution in [0.4, 0.5) is 8.78 Å². The maximum Gasteiger partial charge on any atom is 0.257 e. The topological polar surface area (TPSA) is 55.5 Å². The largest absolute Gasteiger partial charge is 0.504 e. The van der Waals surface area contributed by atoms with Gasteiger partial charge in [-0.3, -0.25) is 0 Å². The Hall–Kier alpha value is -1.36. The monoisotopic (exact) mass is 203 g/mol. The van der Waals surface area contributed by atoms with Crippen LogP contribution < -0.4 is 10.5 Å². The highest BCUT2D eigenvalue weighted by Gasteiger charge is 2.18. The lowest BCUT2D eigenvalue weighted by Gasteiger charge is -2.12. The fourth-order valence-corrected chi connectivity index (χ4v) is 1.06. The number of nitrogens with two attached hydrogens (primary N) is 1. The summed E-state index contributed by atoms with van der Waals surface area (Å²) in [5, 5.41) is 9.30. The Kier molecular flexibility index (Phi) is 3.24. The first-order valence-corrected chi connectivity index (χ1v) is 3.97. The molecule has 14 heavy (non-hydrogen) atoms. The Bertz CT molecular complexity index is 318. The lowest BCUT2D eigenvalue weighted by Crippen LogP contribution is -2.18. The minimum atomic E-state index is -2.65. The molecule has 0 aromatic heterocycles. The summed E-state index contributed by atoms with van der Waals surface area (Å²) in [7, 11) is 1.38. The first kappa shape index (κ1) is 10.7. The maximum atomic E-state index is 12.2. The Morgan fingerprint density at radius 2 is 2.07 bits per heavy atom. The zero-order chi connectivity index (χ0) is 10.7. The Labute approximate surface area is 80.1 Å². The Balaban J connectivity index is 2.96. The number of hydrogen-bond acceptors (Lipinski definition) is 3. The molecule has 5 heteroatoms. The van der Waals surface area contributed by atoms with Gasteiger partial charge in [0.2, 0.25) is 0 Å². The molecule has 0 fully saturated rings. The minimum Gasteiger partial charge on any atom is -0.504 e. The molecule has 0 aliphatic heterocycles. The summed E-state index contributed by atoms with van der Waals surface area (Å²) in [6.07, 6.45) is -2.65. The van der Waals surface area contributed by atoms with Gasteiger partial charge in [0.05, 0.1) is 13.2 Å². The summed E-state index contributed by atoms with van der Waals surface area (Å²) in [6, 6.07) is 2.59. The predicted octanol–water partition coefficient (Wildman–Crippen LogP) is 1.67. The summed E-state index contributed by atoms with van der Waals surface area (Å²) in [5.41, 5.74) is 5.38. The van der Waals surface area contributed by atoms with Crippen LogP contribution in [0.25, 0.3) is 0 Å². The SMILES string of the molecule is COc1ccc([C@@H](N)C(F)F)cc1O. The van der Waals surface area contributed by atoms with Crippen LogP contribution >= 0.6 is 0 Å². The predicted molar refractivity (Wildman–Crippen MR) is 47.6 cm³/mol. The van der Waals surface area contributed by atoms with Crippen molar-refractivity contribution >= 4 is 0 Å². The minimum absolute atomic E-state index is 0.179. The fourth-order valence-electron chi connectivity index (χ4n) is 1.06. The van der Waals surface area contributed by atoms with E-state index in [0.717, 1.165) is 0 Å². The lowest BCUT2D eigenvalue weighted by molar-refractivity contribution is 0.116. The second kappa shape index (κ2) is 4.23. The molecule has 0 radical (unpaired) electrons. The van der Waals surface area contributed by atoms with E-state index in [0.29, 0.717) is 0 Å². The highest BCUT2D eigenvalue weighted by atomic mass is 19.3. The van der Waals surface area contributed by atoms with Gasteiger partial charge in [-0.2, -0.15) is 0 Å². The molecular formula is C9H11F2NO2. The van der Waals surface area contributed by atoms with Crippen LogP contribution in [0.5, 0.6) is 11.5 Å². The molecule has 0 saturated carbocycles. The van der Waals surface area contributed by atoms with E-state index in [1.807, 2.05) is 0 Å². The fraction of sp³-hybridized carbons (Fsp3) is 0.333. The van der Waals surface area contributed by atoms with Gasteiger partial charge in [-0.05, 0) is 17.7 Å². The summed E-state index contributed by atoms with van der Waals surface area (Å²) in [5.74, 6) is 0.0383. The number of methoxy groups -OCH3 is 1. The van der Waals surface area contributed by atoms with Gasteiger partial charge in [-0.1, -0.05) is 6.07 Å². The highest BCUT2D eigenvalue weighted by molar-refractivity contribution is 5.42. The van der Waals surface area contributed by atoms with Gasteiger partial charge in [0, 0.05) is 0 Å². The van der Waals surface area contributed by atoms with Gasteiger partial charge in [-0.25, -0.2) is 8.78 Å². The van der Waals surface area contributed by atoms with E-state index >= 15 is 0 Å². The molecule has 0 amide bonds. The molecule has 0 spiro atoms. The van der Waals surface area contributed by atoms with Gasteiger partial charge < -0.3 is 15.6 Å². The van der Waals surface area contributed by atoms with E-state index in [4.69, 9.17) is 10.5 Å². The van der Waals surface area contributed by atoms with Crippen molar-refractivity contribution in [1.29, 1.82) is 0 Å². The normalized spacial score (nSPS) is 12.9. The van der Waals surface area contributed by atoms with Crippen LogP contribution in [0.2, 0.25) is 0 Å². The molecular weight excluding hydrogens is 192 g/mol. The second-order valence-electron chi connectivity index (χ2n) is 2.79. The van der Waals surface area contributed by atoms with E-state index in [9.17, 15) is 13.9 Å². The molecule has 0 unspecified atom stereocenters. The molecule has 3 nitrogen and oxygen atoms in total. The summed E-state index contributed by atoms with van der Waals surface area (Å²) >= 11 is 0. The van der Waals surface area contributed by atoms with Crippen molar-refractivity contribution in [2.24, 2.45) is 5.73 Å². The van der Waals surface area contributed by atoms with Crippen molar-refractivity contribution in [2.45, 2.75) is 12.5 Å². The van der Waals surface area contributed by atoms with Crippen LogP contribution in [0, 0.1) is 0 Å². The number of aromatic hydroxyl groups is 1. The van der Waals surface area contributed by atoms with E-state index in [2.05, 4.69) is 0 Å². The van der Waals surface area contributed by atoms with E-state index in [-0.39, 0.29) is 17.1 Å². The number of benzene rings is 1. The van der Waals surface area contributed by atoms with Crippen molar-refractivity contribution in [3.8, 4) is 11.5 Å². The third-order valence-electron chi connectivity index (χ3n) is 1.86. The van der Waals surface area contributed by atoms with Gasteiger partial charge in [0.1, 0.15) is 0 Å². The zero-order valence-corrected chi connectivity index (χ0v) is 7.58. The average Bonchev–Trinajstić information content (AvgIpc) is 2.16. The molecule has 0 saturated heterocycles. The number of halogens is 2. The zero-order valence-electron chi connectivity index (χ0n) is 7.58. The molecule has 0 heterocycles. The van der Waals surface area contributed by atoms with Crippen LogP contribution in [0.3, 0.4) is 0 Å². The van der Waals surface area contributed by atoms with Crippen molar-refractivity contribution in [2.75, 3.05) is 7.11 Å². The molecule has 78 valence electrons. The summed E-state index contributed by atoms with van der Waals surface area (Å²) < 4.78 is 29.1. The van der Waals surface area contributed by atoms with Crippen LogP contribution in [-0.4, -0.2) is 18.6 Å². The van der Waals surface area contributed by atoms with Gasteiger partial charge >= 0.3 is 0 Å². The molecule has 0 aliphatic rings. The van der Waals surface area contributed by atoms with E-state index < -0.39 is 12.5 Å².